The Morgan fingerprint density at radius 2 is 1.96 bits per heavy atom. The summed E-state index contributed by atoms with van der Waals surface area (Å²) in [7, 11) is 0. The lowest BCUT2D eigenvalue weighted by Crippen LogP contribution is -2.30. The van der Waals surface area contributed by atoms with Gasteiger partial charge in [-0.3, -0.25) is 4.79 Å². The average Bonchev–Trinajstić information content (AvgIpc) is 3.40. The zero-order chi connectivity index (χ0) is 17.4. The summed E-state index contributed by atoms with van der Waals surface area (Å²) >= 11 is 0. The summed E-state index contributed by atoms with van der Waals surface area (Å²) in [5.41, 5.74) is 9.42. The second-order valence-corrected chi connectivity index (χ2v) is 6.72. The minimum atomic E-state index is -0.352. The summed E-state index contributed by atoms with van der Waals surface area (Å²) in [6, 6.07) is 14.9. The van der Waals surface area contributed by atoms with Gasteiger partial charge >= 0.3 is 0 Å². The fraction of sp³-hybridized carbons (Fsp3) is 0.300. The highest BCUT2D eigenvalue weighted by atomic mass is 35.5. The van der Waals surface area contributed by atoms with E-state index in [0.29, 0.717) is 17.2 Å². The smallest absolute Gasteiger partial charge is 0.229 e. The SMILES string of the molecule is CC(C(=O)Nc1ccc2nc(C3CC3)oc2c1)C(N)c1ccccc1.Cl. The molecule has 1 saturated carbocycles. The second-order valence-electron chi connectivity index (χ2n) is 6.72. The van der Waals surface area contributed by atoms with Gasteiger partial charge in [0.2, 0.25) is 5.91 Å². The summed E-state index contributed by atoms with van der Waals surface area (Å²) in [5, 5.41) is 2.93. The fourth-order valence-electron chi connectivity index (χ4n) is 2.91. The number of carbonyl (C=O) groups excluding carboxylic acids is 1. The molecule has 26 heavy (non-hydrogen) atoms. The van der Waals surface area contributed by atoms with Crippen molar-refractivity contribution in [2.24, 2.45) is 11.7 Å². The van der Waals surface area contributed by atoms with E-state index >= 15 is 0 Å². The van der Waals surface area contributed by atoms with Crippen LogP contribution in [-0.2, 0) is 4.79 Å². The van der Waals surface area contributed by atoms with Crippen molar-refractivity contribution in [3.63, 3.8) is 0 Å². The Hall–Kier alpha value is -2.37. The molecule has 3 aromatic rings. The van der Waals surface area contributed by atoms with Gasteiger partial charge in [0.05, 0.1) is 5.92 Å². The summed E-state index contributed by atoms with van der Waals surface area (Å²) in [5.74, 6) is 0.805. The highest BCUT2D eigenvalue weighted by Gasteiger charge is 2.29. The first-order valence-corrected chi connectivity index (χ1v) is 8.63. The Labute approximate surface area is 158 Å². The predicted molar refractivity (Wildman–Crippen MR) is 104 cm³/mol. The first-order chi connectivity index (χ1) is 12.1. The lowest BCUT2D eigenvalue weighted by molar-refractivity contribution is -0.120. The molecule has 0 bridgehead atoms. The van der Waals surface area contributed by atoms with Crippen molar-refractivity contribution in [3.8, 4) is 0 Å². The van der Waals surface area contributed by atoms with Crippen LogP contribution in [-0.4, -0.2) is 10.9 Å². The van der Waals surface area contributed by atoms with Crippen LogP contribution in [0.3, 0.4) is 0 Å². The standard InChI is InChI=1S/C20H21N3O2.ClH/c1-12(18(21)13-5-3-2-4-6-13)19(24)22-15-9-10-16-17(11-15)25-20(23-16)14-7-8-14;/h2-6,9-12,14,18H,7-8,21H2,1H3,(H,22,24);1H. The van der Waals surface area contributed by atoms with Crippen molar-refractivity contribution in [2.45, 2.75) is 31.7 Å². The molecule has 136 valence electrons. The molecule has 5 nitrogen and oxygen atoms in total. The van der Waals surface area contributed by atoms with Crippen LogP contribution >= 0.6 is 12.4 Å². The number of rotatable bonds is 5. The van der Waals surface area contributed by atoms with Crippen LogP contribution in [0.5, 0.6) is 0 Å². The number of aromatic nitrogens is 1. The highest BCUT2D eigenvalue weighted by molar-refractivity contribution is 5.94. The van der Waals surface area contributed by atoms with Gasteiger partial charge in [-0.25, -0.2) is 4.98 Å². The Kier molecular flexibility index (Phi) is 5.30. The number of halogens is 1. The number of carbonyl (C=O) groups is 1. The van der Waals surface area contributed by atoms with E-state index in [4.69, 9.17) is 10.2 Å². The number of benzene rings is 2. The first kappa shape index (κ1) is 18.4. The topological polar surface area (TPSA) is 81.2 Å². The maximum Gasteiger partial charge on any atom is 0.229 e. The van der Waals surface area contributed by atoms with E-state index in [1.807, 2.05) is 55.5 Å². The third kappa shape index (κ3) is 3.74. The van der Waals surface area contributed by atoms with Crippen LogP contribution in [0.1, 0.15) is 43.2 Å². The summed E-state index contributed by atoms with van der Waals surface area (Å²) in [4.78, 5) is 17.0. The molecule has 3 N–H and O–H groups in total. The molecule has 6 heteroatoms. The van der Waals surface area contributed by atoms with E-state index in [2.05, 4.69) is 10.3 Å². The molecule has 4 rings (SSSR count). The molecule has 2 unspecified atom stereocenters. The first-order valence-electron chi connectivity index (χ1n) is 8.63. The van der Waals surface area contributed by atoms with Gasteiger partial charge in [0.15, 0.2) is 11.5 Å². The van der Waals surface area contributed by atoms with Crippen LogP contribution < -0.4 is 11.1 Å². The maximum absolute atomic E-state index is 12.5. The Morgan fingerprint density at radius 3 is 2.65 bits per heavy atom. The van der Waals surface area contributed by atoms with Gasteiger partial charge in [-0.15, -0.1) is 12.4 Å². The average molecular weight is 372 g/mol. The van der Waals surface area contributed by atoms with E-state index in [-0.39, 0.29) is 30.3 Å². The van der Waals surface area contributed by atoms with Gasteiger partial charge in [0, 0.05) is 23.7 Å². The van der Waals surface area contributed by atoms with Gasteiger partial charge in [0.25, 0.3) is 0 Å². The number of nitrogens with two attached hydrogens (primary N) is 1. The van der Waals surface area contributed by atoms with Gasteiger partial charge in [-0.05, 0) is 30.5 Å². The number of oxazole rings is 1. The van der Waals surface area contributed by atoms with Gasteiger partial charge in [-0.1, -0.05) is 37.3 Å². The molecular weight excluding hydrogens is 350 g/mol. The van der Waals surface area contributed by atoms with Crippen molar-refractivity contribution in [3.05, 3.63) is 60.0 Å². The number of amides is 1. The van der Waals surface area contributed by atoms with Gasteiger partial charge < -0.3 is 15.5 Å². The molecule has 2 aromatic carbocycles. The van der Waals surface area contributed by atoms with Crippen molar-refractivity contribution >= 4 is 35.1 Å². The van der Waals surface area contributed by atoms with Crippen LogP contribution in [0.15, 0.2) is 52.9 Å². The second kappa shape index (κ2) is 7.48. The third-order valence-corrected chi connectivity index (χ3v) is 4.74. The van der Waals surface area contributed by atoms with Crippen molar-refractivity contribution in [2.75, 3.05) is 5.32 Å². The molecule has 1 aromatic heterocycles. The molecule has 0 aliphatic heterocycles. The van der Waals surface area contributed by atoms with Crippen molar-refractivity contribution in [1.82, 2.24) is 4.98 Å². The number of fused-ring (bicyclic) bond motifs is 1. The lowest BCUT2D eigenvalue weighted by Gasteiger charge is -2.19. The van der Waals surface area contributed by atoms with Crippen LogP contribution in [0.4, 0.5) is 5.69 Å². The molecule has 0 spiro atoms. The van der Waals surface area contributed by atoms with Crippen molar-refractivity contribution in [1.29, 1.82) is 0 Å². The molecule has 1 heterocycles. The zero-order valence-corrected chi connectivity index (χ0v) is 15.3. The van der Waals surface area contributed by atoms with Crippen LogP contribution in [0, 0.1) is 5.92 Å². The van der Waals surface area contributed by atoms with Gasteiger partial charge in [-0.2, -0.15) is 0 Å². The summed E-state index contributed by atoms with van der Waals surface area (Å²) < 4.78 is 5.80. The van der Waals surface area contributed by atoms with E-state index in [0.717, 1.165) is 29.8 Å². The number of nitrogens with zero attached hydrogens (tertiary/aromatic N) is 1. The normalized spacial score (nSPS) is 15.9. The van der Waals surface area contributed by atoms with Gasteiger partial charge in [0.1, 0.15) is 5.52 Å². The maximum atomic E-state index is 12.5. The minimum absolute atomic E-state index is 0. The monoisotopic (exact) mass is 371 g/mol. The number of anilines is 1. The Balaban J connectivity index is 0.00000196. The lowest BCUT2D eigenvalue weighted by atomic mass is 9.94. The summed E-state index contributed by atoms with van der Waals surface area (Å²) in [6.07, 6.45) is 2.29. The zero-order valence-electron chi connectivity index (χ0n) is 14.5. The molecular formula is C20H22ClN3O2. The van der Waals surface area contributed by atoms with E-state index in [1.54, 1.807) is 0 Å². The molecule has 1 aliphatic carbocycles. The number of nitrogens with one attached hydrogen (secondary N) is 1. The number of hydrogen-bond acceptors (Lipinski definition) is 4. The largest absolute Gasteiger partial charge is 0.440 e. The van der Waals surface area contributed by atoms with Crippen LogP contribution in [0.2, 0.25) is 0 Å². The predicted octanol–water partition coefficient (Wildman–Crippen LogP) is 4.40. The third-order valence-electron chi connectivity index (χ3n) is 4.74. The van der Waals surface area contributed by atoms with Crippen molar-refractivity contribution < 1.29 is 9.21 Å². The van der Waals surface area contributed by atoms with E-state index in [9.17, 15) is 4.79 Å². The molecule has 0 saturated heterocycles. The fourth-order valence-corrected chi connectivity index (χ4v) is 2.91. The molecule has 0 radical (unpaired) electrons. The molecule has 1 amide bonds. The quantitative estimate of drug-likeness (QED) is 0.696. The Morgan fingerprint density at radius 1 is 1.23 bits per heavy atom. The van der Waals surface area contributed by atoms with E-state index in [1.165, 1.54) is 0 Å². The minimum Gasteiger partial charge on any atom is -0.440 e. The highest BCUT2D eigenvalue weighted by Crippen LogP contribution is 2.40. The number of hydrogen-bond donors (Lipinski definition) is 2. The molecule has 1 aliphatic rings. The van der Waals surface area contributed by atoms with E-state index < -0.39 is 0 Å². The van der Waals surface area contributed by atoms with Crippen LogP contribution in [0.25, 0.3) is 11.1 Å². The summed E-state index contributed by atoms with van der Waals surface area (Å²) in [6.45, 7) is 1.84. The molecule has 1 fully saturated rings. The molecule has 2 atom stereocenters. The Bertz CT molecular complexity index is 906.